The normalized spacial score (nSPS) is 62.5. The van der Waals surface area contributed by atoms with Gasteiger partial charge in [0, 0.05) is 13.1 Å². The molecule has 6 heavy (non-hydrogen) atoms. The molecule has 0 aromatic carbocycles. The lowest BCUT2D eigenvalue weighted by atomic mass is 10.2. The predicted molar refractivity (Wildman–Crippen MR) is 23.1 cm³/mol. The Morgan fingerprint density at radius 3 is 2.33 bits per heavy atom. The van der Waals surface area contributed by atoms with Crippen molar-refractivity contribution in [1.82, 2.24) is 4.90 Å². The Labute approximate surface area is 36.9 Å². The van der Waals surface area contributed by atoms with Gasteiger partial charge in [-0.25, -0.2) is 0 Å². The van der Waals surface area contributed by atoms with Gasteiger partial charge in [-0.1, -0.05) is 0 Å². The zero-order valence-electron chi connectivity index (χ0n) is 3.65. The van der Waals surface area contributed by atoms with E-state index in [9.17, 15) is 0 Å². The van der Waals surface area contributed by atoms with Crippen molar-refractivity contribution in [3.8, 4) is 0 Å². The van der Waals surface area contributed by atoms with Crippen molar-refractivity contribution in [3.05, 3.63) is 0 Å². The summed E-state index contributed by atoms with van der Waals surface area (Å²) >= 11 is 0. The number of fused-ring (bicyclic) bond motifs is 1. The van der Waals surface area contributed by atoms with Crippen molar-refractivity contribution in [2.24, 2.45) is 5.73 Å². The minimum Gasteiger partial charge on any atom is -0.312 e. The minimum atomic E-state index is 0.222. The van der Waals surface area contributed by atoms with Gasteiger partial charge in [-0.05, 0) is 6.42 Å². The third kappa shape index (κ3) is 0.150. The zero-order valence-corrected chi connectivity index (χ0v) is 3.65. The van der Waals surface area contributed by atoms with Crippen LogP contribution in [0.3, 0.4) is 0 Å². The van der Waals surface area contributed by atoms with Gasteiger partial charge in [0.1, 0.15) is 0 Å². The predicted octanol–water partition coefficient (Wildman–Crippen LogP) is -0.639. The smallest absolute Gasteiger partial charge is 0.0832 e. The van der Waals surface area contributed by atoms with Crippen molar-refractivity contribution in [2.45, 2.75) is 12.1 Å². The number of rotatable bonds is 0. The molecule has 0 saturated carbocycles. The molecule has 2 unspecified atom stereocenters. The third-order valence-corrected chi connectivity index (χ3v) is 1.81. The van der Waals surface area contributed by atoms with Crippen LogP contribution in [0.1, 0.15) is 6.42 Å². The molecule has 2 rings (SSSR count). The summed E-state index contributed by atoms with van der Waals surface area (Å²) in [6.07, 6.45) is 1.23. The first-order valence-corrected chi connectivity index (χ1v) is 2.35. The van der Waals surface area contributed by atoms with E-state index in [-0.39, 0.29) is 5.66 Å². The van der Waals surface area contributed by atoms with Gasteiger partial charge in [-0.15, -0.1) is 0 Å². The molecule has 0 aromatic rings. The maximum Gasteiger partial charge on any atom is 0.0832 e. The Morgan fingerprint density at radius 2 is 2.33 bits per heavy atom. The van der Waals surface area contributed by atoms with Crippen LogP contribution in [0.2, 0.25) is 0 Å². The van der Waals surface area contributed by atoms with Gasteiger partial charge in [-0.2, -0.15) is 0 Å². The van der Waals surface area contributed by atoms with Crippen molar-refractivity contribution < 1.29 is 0 Å². The van der Waals surface area contributed by atoms with Crippen LogP contribution in [-0.4, -0.2) is 23.7 Å². The lowest BCUT2D eigenvalue weighted by Crippen LogP contribution is -2.40. The topological polar surface area (TPSA) is 29.0 Å². The second-order valence-electron chi connectivity index (χ2n) is 2.28. The van der Waals surface area contributed by atoms with E-state index in [4.69, 9.17) is 5.73 Å². The van der Waals surface area contributed by atoms with Crippen LogP contribution in [-0.2, 0) is 0 Å². The lowest BCUT2D eigenvalue weighted by Gasteiger charge is -2.20. The first-order valence-electron chi connectivity index (χ1n) is 2.35. The Morgan fingerprint density at radius 1 is 1.67 bits per heavy atom. The number of nitrogens with zero attached hydrogens (tertiary/aromatic N) is 1. The van der Waals surface area contributed by atoms with E-state index in [2.05, 4.69) is 4.90 Å². The van der Waals surface area contributed by atoms with Gasteiger partial charge in [0.2, 0.25) is 0 Å². The lowest BCUT2D eigenvalue weighted by molar-refractivity contribution is 0.276. The highest BCUT2D eigenvalue weighted by atomic mass is 15.5. The molecule has 2 heteroatoms. The summed E-state index contributed by atoms with van der Waals surface area (Å²) in [5.74, 6) is 0. The van der Waals surface area contributed by atoms with Crippen molar-refractivity contribution in [1.29, 1.82) is 0 Å². The Hall–Kier alpha value is -0.0800. The molecular formula is C4H8N2. The molecule has 0 radical (unpaired) electrons. The van der Waals surface area contributed by atoms with Gasteiger partial charge in [0.25, 0.3) is 0 Å². The fourth-order valence-electron chi connectivity index (χ4n) is 1.01. The van der Waals surface area contributed by atoms with Gasteiger partial charge >= 0.3 is 0 Å². The molecular weight excluding hydrogens is 76.1 g/mol. The van der Waals surface area contributed by atoms with E-state index >= 15 is 0 Å². The van der Waals surface area contributed by atoms with E-state index in [1.807, 2.05) is 0 Å². The summed E-state index contributed by atoms with van der Waals surface area (Å²) in [5.41, 5.74) is 5.84. The van der Waals surface area contributed by atoms with Crippen molar-refractivity contribution >= 4 is 0 Å². The van der Waals surface area contributed by atoms with Gasteiger partial charge in [-0.3, -0.25) is 4.90 Å². The van der Waals surface area contributed by atoms with E-state index in [0.717, 1.165) is 6.54 Å². The monoisotopic (exact) mass is 84.1 g/mol. The molecule has 0 amide bonds. The van der Waals surface area contributed by atoms with Gasteiger partial charge < -0.3 is 5.73 Å². The van der Waals surface area contributed by atoms with Crippen molar-refractivity contribution in [2.75, 3.05) is 13.1 Å². The molecule has 2 nitrogen and oxygen atoms in total. The highest BCUT2D eigenvalue weighted by Crippen LogP contribution is 2.39. The molecule has 2 fully saturated rings. The molecule has 0 aromatic heterocycles. The second-order valence-corrected chi connectivity index (χ2v) is 2.28. The van der Waals surface area contributed by atoms with Gasteiger partial charge in [0.15, 0.2) is 0 Å². The SMILES string of the molecule is NC12CCN1C2. The Kier molecular flexibility index (Phi) is 0.265. The summed E-state index contributed by atoms with van der Waals surface area (Å²) in [4.78, 5) is 2.27. The van der Waals surface area contributed by atoms with E-state index in [0.29, 0.717) is 0 Å². The van der Waals surface area contributed by atoms with Crippen LogP contribution >= 0.6 is 0 Å². The maximum atomic E-state index is 5.62. The summed E-state index contributed by atoms with van der Waals surface area (Å²) < 4.78 is 0. The van der Waals surface area contributed by atoms with Crippen LogP contribution in [0, 0.1) is 0 Å². The summed E-state index contributed by atoms with van der Waals surface area (Å²) in [7, 11) is 0. The van der Waals surface area contributed by atoms with E-state index in [1.165, 1.54) is 13.0 Å². The average molecular weight is 84.1 g/mol. The molecule has 2 N–H and O–H groups in total. The number of nitrogens with two attached hydrogens (primary N) is 1. The molecule has 2 aliphatic heterocycles. The van der Waals surface area contributed by atoms with Crippen LogP contribution in [0.5, 0.6) is 0 Å². The molecule has 2 atom stereocenters. The molecule has 0 bridgehead atoms. The first-order chi connectivity index (χ1) is 2.81. The van der Waals surface area contributed by atoms with Crippen LogP contribution in [0.15, 0.2) is 0 Å². The molecule has 0 spiro atoms. The van der Waals surface area contributed by atoms with E-state index in [1.54, 1.807) is 0 Å². The molecule has 2 heterocycles. The standard InChI is InChI=1S/C4H8N2/c5-4-1-2-6(4)3-4/h1-3,5H2. The molecule has 0 aliphatic carbocycles. The first kappa shape index (κ1) is 2.99. The average Bonchev–Trinajstić information content (AvgIpc) is 1.88. The molecule has 2 aliphatic rings. The van der Waals surface area contributed by atoms with E-state index < -0.39 is 0 Å². The largest absolute Gasteiger partial charge is 0.312 e. The van der Waals surface area contributed by atoms with Gasteiger partial charge in [0.05, 0.1) is 5.66 Å². The molecule has 34 valence electrons. The highest BCUT2D eigenvalue weighted by Gasteiger charge is 2.55. The summed E-state index contributed by atoms with van der Waals surface area (Å²) in [6, 6.07) is 0. The highest BCUT2D eigenvalue weighted by molar-refractivity contribution is 5.10. The van der Waals surface area contributed by atoms with Crippen LogP contribution in [0.4, 0.5) is 0 Å². The fourth-order valence-corrected chi connectivity index (χ4v) is 1.01. The Bertz CT molecular complexity index is 87.5. The second kappa shape index (κ2) is 0.532. The van der Waals surface area contributed by atoms with Crippen molar-refractivity contribution in [3.63, 3.8) is 0 Å². The maximum absolute atomic E-state index is 5.62. The van der Waals surface area contributed by atoms with Crippen LogP contribution < -0.4 is 5.73 Å². The van der Waals surface area contributed by atoms with Crippen LogP contribution in [0.25, 0.3) is 0 Å². The number of hydrogen-bond donors (Lipinski definition) is 1. The molecule has 2 saturated heterocycles. The number of hydrogen-bond acceptors (Lipinski definition) is 2. The zero-order chi connectivity index (χ0) is 4.20. The fraction of sp³-hybridized carbons (Fsp3) is 1.00. The minimum absolute atomic E-state index is 0.222. The summed E-state index contributed by atoms with van der Waals surface area (Å²) in [6.45, 7) is 2.41. The third-order valence-electron chi connectivity index (χ3n) is 1.81. The Balaban J connectivity index is 2.22. The quantitative estimate of drug-likeness (QED) is 0.395. The summed E-state index contributed by atoms with van der Waals surface area (Å²) in [5, 5.41) is 0.